The number of halogens is 1. The summed E-state index contributed by atoms with van der Waals surface area (Å²) in [5, 5.41) is 5.73. The maximum atomic E-state index is 12.1. The molecule has 0 aromatic heterocycles. The summed E-state index contributed by atoms with van der Waals surface area (Å²) in [4.78, 5) is 23.8. The van der Waals surface area contributed by atoms with Gasteiger partial charge in [-0.2, -0.15) is 0 Å². The Labute approximate surface area is 138 Å². The first-order valence-corrected chi connectivity index (χ1v) is 7.22. The van der Waals surface area contributed by atoms with Gasteiger partial charge in [0.1, 0.15) is 0 Å². The molecular weight excluding hydrogens is 302 g/mol. The van der Waals surface area contributed by atoms with Gasteiger partial charge in [-0.1, -0.05) is 13.8 Å². The van der Waals surface area contributed by atoms with Crippen LogP contribution in [0.5, 0.6) is 0 Å². The van der Waals surface area contributed by atoms with Crippen molar-refractivity contribution in [2.75, 3.05) is 11.9 Å². The third-order valence-corrected chi connectivity index (χ3v) is 3.55. The minimum atomic E-state index is -0.238. The molecule has 1 aromatic rings. The van der Waals surface area contributed by atoms with E-state index in [1.165, 1.54) is 0 Å². The summed E-state index contributed by atoms with van der Waals surface area (Å²) in [7, 11) is 0. The Bertz CT molecular complexity index is 501. The summed E-state index contributed by atoms with van der Waals surface area (Å²) >= 11 is 0. The van der Waals surface area contributed by atoms with Crippen molar-refractivity contribution in [1.82, 2.24) is 5.32 Å². The first-order valence-electron chi connectivity index (χ1n) is 7.22. The van der Waals surface area contributed by atoms with Crippen molar-refractivity contribution in [2.24, 2.45) is 11.7 Å². The van der Waals surface area contributed by atoms with Gasteiger partial charge >= 0.3 is 0 Å². The monoisotopic (exact) mass is 327 g/mol. The Morgan fingerprint density at radius 3 is 2.23 bits per heavy atom. The lowest BCUT2D eigenvalue weighted by Crippen LogP contribution is -2.42. The second-order valence-corrected chi connectivity index (χ2v) is 5.89. The summed E-state index contributed by atoms with van der Waals surface area (Å²) in [6, 6.07) is 6.83. The lowest BCUT2D eigenvalue weighted by Gasteiger charge is -2.24. The number of nitrogens with two attached hydrogens (primary N) is 1. The van der Waals surface area contributed by atoms with Gasteiger partial charge < -0.3 is 16.4 Å². The maximum Gasteiger partial charge on any atom is 0.251 e. The summed E-state index contributed by atoms with van der Waals surface area (Å²) < 4.78 is 0. The molecule has 1 rings (SSSR count). The molecule has 0 spiro atoms. The van der Waals surface area contributed by atoms with Crippen molar-refractivity contribution >= 4 is 29.9 Å². The highest BCUT2D eigenvalue weighted by Crippen LogP contribution is 2.13. The van der Waals surface area contributed by atoms with Crippen molar-refractivity contribution in [3.05, 3.63) is 29.8 Å². The standard InChI is InChI=1S/C16H25N3O2.ClH/c1-5-16(3,4)19-15(21)12-6-8-13(9-7-12)18-14(20)11(2)10-17;/h6-9,11H,5,10,17H2,1-4H3,(H,18,20)(H,19,21);1H. The number of amides is 2. The first-order chi connectivity index (χ1) is 9.79. The zero-order valence-corrected chi connectivity index (χ0v) is 14.4. The Hall–Kier alpha value is -1.59. The number of carbonyl (C=O) groups is 2. The molecule has 0 bridgehead atoms. The van der Waals surface area contributed by atoms with Gasteiger partial charge in [-0.15, -0.1) is 12.4 Å². The quantitative estimate of drug-likeness (QED) is 0.750. The molecule has 0 radical (unpaired) electrons. The van der Waals surface area contributed by atoms with Crippen molar-refractivity contribution in [3.8, 4) is 0 Å². The molecule has 2 amide bonds. The highest BCUT2D eigenvalue weighted by molar-refractivity contribution is 5.96. The van der Waals surface area contributed by atoms with Crippen LogP contribution in [0.4, 0.5) is 5.69 Å². The van der Waals surface area contributed by atoms with Crippen LogP contribution in [0.25, 0.3) is 0 Å². The molecule has 1 atom stereocenters. The average Bonchev–Trinajstić information content (AvgIpc) is 2.46. The highest BCUT2D eigenvalue weighted by atomic mass is 35.5. The molecule has 5 nitrogen and oxygen atoms in total. The van der Waals surface area contributed by atoms with E-state index in [2.05, 4.69) is 10.6 Å². The molecule has 4 N–H and O–H groups in total. The summed E-state index contributed by atoms with van der Waals surface area (Å²) in [5.74, 6) is -0.477. The molecule has 6 heteroatoms. The fourth-order valence-corrected chi connectivity index (χ4v) is 1.55. The number of benzene rings is 1. The van der Waals surface area contributed by atoms with Crippen LogP contribution in [-0.4, -0.2) is 23.9 Å². The van der Waals surface area contributed by atoms with Crippen LogP contribution in [0, 0.1) is 5.92 Å². The van der Waals surface area contributed by atoms with Crippen molar-refractivity contribution in [2.45, 2.75) is 39.7 Å². The Morgan fingerprint density at radius 2 is 1.77 bits per heavy atom. The number of hydrogen-bond acceptors (Lipinski definition) is 3. The van der Waals surface area contributed by atoms with Gasteiger partial charge in [-0.25, -0.2) is 0 Å². The van der Waals surface area contributed by atoms with E-state index in [4.69, 9.17) is 5.73 Å². The number of hydrogen-bond donors (Lipinski definition) is 3. The lowest BCUT2D eigenvalue weighted by molar-refractivity contribution is -0.119. The van der Waals surface area contributed by atoms with Crippen LogP contribution in [0.3, 0.4) is 0 Å². The molecule has 1 aromatic carbocycles. The normalized spacial score (nSPS) is 12.0. The molecule has 0 heterocycles. The third-order valence-electron chi connectivity index (χ3n) is 3.55. The molecule has 22 heavy (non-hydrogen) atoms. The molecule has 0 saturated heterocycles. The molecule has 0 aliphatic rings. The van der Waals surface area contributed by atoms with E-state index < -0.39 is 0 Å². The van der Waals surface area contributed by atoms with E-state index in [0.29, 0.717) is 17.8 Å². The second kappa shape index (κ2) is 8.76. The molecule has 0 aliphatic heterocycles. The Kier molecular flexibility index (Phi) is 8.12. The fraction of sp³-hybridized carbons (Fsp3) is 0.500. The number of anilines is 1. The summed E-state index contributed by atoms with van der Waals surface area (Å²) in [5.41, 5.74) is 6.44. The average molecular weight is 328 g/mol. The first kappa shape index (κ1) is 20.4. The Morgan fingerprint density at radius 1 is 1.23 bits per heavy atom. The van der Waals surface area contributed by atoms with Crippen LogP contribution >= 0.6 is 12.4 Å². The van der Waals surface area contributed by atoms with Crippen LogP contribution in [0.2, 0.25) is 0 Å². The van der Waals surface area contributed by atoms with Gasteiger partial charge in [0.25, 0.3) is 5.91 Å². The third kappa shape index (κ3) is 6.03. The van der Waals surface area contributed by atoms with Crippen molar-refractivity contribution < 1.29 is 9.59 Å². The van der Waals surface area contributed by atoms with Crippen molar-refractivity contribution in [3.63, 3.8) is 0 Å². The topological polar surface area (TPSA) is 84.2 Å². The van der Waals surface area contributed by atoms with Crippen LogP contribution in [-0.2, 0) is 4.79 Å². The lowest BCUT2D eigenvalue weighted by atomic mass is 10.0. The molecule has 0 aliphatic carbocycles. The van der Waals surface area contributed by atoms with Gasteiger partial charge in [-0.3, -0.25) is 9.59 Å². The fourth-order valence-electron chi connectivity index (χ4n) is 1.55. The van der Waals surface area contributed by atoms with Gasteiger partial charge in [0, 0.05) is 29.3 Å². The van der Waals surface area contributed by atoms with Gasteiger partial charge in [0.05, 0.1) is 0 Å². The Balaban J connectivity index is 0.00000441. The van der Waals surface area contributed by atoms with Gasteiger partial charge in [0.2, 0.25) is 5.91 Å². The predicted octanol–water partition coefficient (Wildman–Crippen LogP) is 2.56. The van der Waals surface area contributed by atoms with E-state index in [1.54, 1.807) is 31.2 Å². The largest absolute Gasteiger partial charge is 0.347 e. The minimum Gasteiger partial charge on any atom is -0.347 e. The van der Waals surface area contributed by atoms with Gasteiger partial charge in [-0.05, 0) is 44.5 Å². The maximum absolute atomic E-state index is 12.1. The molecular formula is C16H26ClN3O2. The summed E-state index contributed by atoms with van der Waals surface area (Å²) in [6.45, 7) is 8.06. The smallest absolute Gasteiger partial charge is 0.251 e. The molecule has 124 valence electrons. The van der Waals surface area contributed by atoms with E-state index in [9.17, 15) is 9.59 Å². The van der Waals surface area contributed by atoms with Crippen LogP contribution < -0.4 is 16.4 Å². The van der Waals surface area contributed by atoms with E-state index in [1.807, 2.05) is 20.8 Å². The van der Waals surface area contributed by atoms with E-state index in [-0.39, 0.29) is 35.7 Å². The SMILES string of the molecule is CCC(C)(C)NC(=O)c1ccc(NC(=O)C(C)CN)cc1.Cl. The number of carbonyl (C=O) groups excluding carboxylic acids is 2. The van der Waals surface area contributed by atoms with Crippen LogP contribution in [0.1, 0.15) is 44.5 Å². The van der Waals surface area contributed by atoms with Crippen molar-refractivity contribution in [1.29, 1.82) is 0 Å². The molecule has 0 saturated carbocycles. The predicted molar refractivity (Wildman–Crippen MR) is 92.4 cm³/mol. The highest BCUT2D eigenvalue weighted by Gasteiger charge is 2.18. The zero-order chi connectivity index (χ0) is 16.0. The van der Waals surface area contributed by atoms with Gasteiger partial charge in [0.15, 0.2) is 0 Å². The molecule has 1 unspecified atom stereocenters. The number of rotatable bonds is 6. The second-order valence-electron chi connectivity index (χ2n) is 5.89. The number of nitrogens with one attached hydrogen (secondary N) is 2. The van der Waals surface area contributed by atoms with E-state index >= 15 is 0 Å². The van der Waals surface area contributed by atoms with E-state index in [0.717, 1.165) is 6.42 Å². The zero-order valence-electron chi connectivity index (χ0n) is 13.6. The summed E-state index contributed by atoms with van der Waals surface area (Å²) in [6.07, 6.45) is 0.851. The van der Waals surface area contributed by atoms with Crippen LogP contribution in [0.15, 0.2) is 24.3 Å². The minimum absolute atomic E-state index is 0. The molecule has 0 fully saturated rings.